The first kappa shape index (κ1) is 16.2. The first-order valence-electron chi connectivity index (χ1n) is 7.41. The Morgan fingerprint density at radius 2 is 1.47 bits per heavy atom. The number of carbonyl (C=O) groups is 2. The van der Waals surface area contributed by atoms with Crippen LogP contribution in [0.4, 0.5) is 0 Å². The van der Waals surface area contributed by atoms with E-state index in [1.807, 2.05) is 46.4 Å². The van der Waals surface area contributed by atoms with Crippen molar-refractivity contribution in [2.75, 3.05) is 13.1 Å². The molecule has 1 heterocycles. The zero-order valence-electron chi connectivity index (χ0n) is 13.4. The van der Waals surface area contributed by atoms with Crippen molar-refractivity contribution in [3.8, 4) is 0 Å². The van der Waals surface area contributed by atoms with Crippen molar-refractivity contribution >= 4 is 11.7 Å². The molecule has 110 valence electrons. The second-order valence-electron chi connectivity index (χ2n) is 7.46. The maximum absolute atomic E-state index is 12.6. The predicted octanol–water partition coefficient (Wildman–Crippen LogP) is 3.28. The predicted molar refractivity (Wildman–Crippen MR) is 77.8 cm³/mol. The molecule has 0 unspecified atom stereocenters. The van der Waals surface area contributed by atoms with Crippen LogP contribution < -0.4 is 0 Å². The van der Waals surface area contributed by atoms with Gasteiger partial charge in [-0.1, -0.05) is 41.5 Å². The molecule has 0 aliphatic carbocycles. The number of likely N-dealkylation sites (tertiary alicyclic amines) is 1. The summed E-state index contributed by atoms with van der Waals surface area (Å²) in [6.07, 6.45) is 2.83. The van der Waals surface area contributed by atoms with Gasteiger partial charge in [0.05, 0.1) is 0 Å². The van der Waals surface area contributed by atoms with E-state index in [1.165, 1.54) is 0 Å². The quantitative estimate of drug-likeness (QED) is 0.766. The summed E-state index contributed by atoms with van der Waals surface area (Å²) in [6.45, 7) is 13.5. The van der Waals surface area contributed by atoms with Crippen LogP contribution in [0.5, 0.6) is 0 Å². The standard InChI is InChI=1S/C16H29NO2/c1-12(2)13(18)15(3,4)11-16(5,6)14(19)17-9-7-8-10-17/h12H,7-11H2,1-6H3. The van der Waals surface area contributed by atoms with Crippen LogP contribution in [0.1, 0.15) is 60.8 Å². The van der Waals surface area contributed by atoms with Gasteiger partial charge in [-0.3, -0.25) is 9.59 Å². The van der Waals surface area contributed by atoms with Crippen LogP contribution in [0.25, 0.3) is 0 Å². The molecule has 0 spiro atoms. The molecule has 1 fully saturated rings. The molecule has 3 nitrogen and oxygen atoms in total. The fraction of sp³-hybridized carbons (Fsp3) is 0.875. The minimum Gasteiger partial charge on any atom is -0.342 e. The summed E-state index contributed by atoms with van der Waals surface area (Å²) in [6, 6.07) is 0. The fourth-order valence-electron chi connectivity index (χ4n) is 3.40. The van der Waals surface area contributed by atoms with Crippen molar-refractivity contribution in [1.29, 1.82) is 0 Å². The number of carbonyl (C=O) groups excluding carboxylic acids is 2. The summed E-state index contributed by atoms with van der Waals surface area (Å²) in [5.74, 6) is 0.470. The van der Waals surface area contributed by atoms with Crippen LogP contribution in [0.15, 0.2) is 0 Å². The number of rotatable bonds is 5. The van der Waals surface area contributed by atoms with E-state index < -0.39 is 10.8 Å². The SMILES string of the molecule is CC(C)C(=O)C(C)(C)CC(C)(C)C(=O)N1CCCC1. The van der Waals surface area contributed by atoms with Crippen molar-refractivity contribution in [2.24, 2.45) is 16.7 Å². The molecule has 1 amide bonds. The van der Waals surface area contributed by atoms with E-state index in [0.717, 1.165) is 25.9 Å². The normalized spacial score (nSPS) is 17.1. The number of amides is 1. The summed E-state index contributed by atoms with van der Waals surface area (Å²) in [5.41, 5.74) is -0.897. The minimum atomic E-state index is -0.460. The van der Waals surface area contributed by atoms with Crippen molar-refractivity contribution < 1.29 is 9.59 Å². The summed E-state index contributed by atoms with van der Waals surface area (Å²) in [7, 11) is 0. The first-order chi connectivity index (χ1) is 8.58. The molecular formula is C16H29NO2. The lowest BCUT2D eigenvalue weighted by atomic mass is 9.70. The Morgan fingerprint density at radius 3 is 1.89 bits per heavy atom. The Morgan fingerprint density at radius 1 is 1.00 bits per heavy atom. The molecule has 0 radical (unpaired) electrons. The molecule has 3 heteroatoms. The van der Waals surface area contributed by atoms with E-state index in [-0.39, 0.29) is 17.6 Å². The van der Waals surface area contributed by atoms with Crippen LogP contribution in [0.2, 0.25) is 0 Å². The lowest BCUT2D eigenvalue weighted by Gasteiger charge is -2.36. The van der Waals surface area contributed by atoms with E-state index in [9.17, 15) is 9.59 Å². The third-order valence-corrected chi connectivity index (χ3v) is 4.05. The molecule has 0 aromatic carbocycles. The van der Waals surface area contributed by atoms with E-state index in [0.29, 0.717) is 6.42 Å². The van der Waals surface area contributed by atoms with Crippen LogP contribution in [0.3, 0.4) is 0 Å². The molecule has 0 N–H and O–H groups in total. The van der Waals surface area contributed by atoms with Gasteiger partial charge in [-0.05, 0) is 19.3 Å². The Labute approximate surface area is 117 Å². The third-order valence-electron chi connectivity index (χ3n) is 4.05. The van der Waals surface area contributed by atoms with Crippen LogP contribution >= 0.6 is 0 Å². The molecule has 0 bridgehead atoms. The molecule has 0 atom stereocenters. The highest BCUT2D eigenvalue weighted by molar-refractivity contribution is 5.88. The topological polar surface area (TPSA) is 37.4 Å². The van der Waals surface area contributed by atoms with Gasteiger partial charge in [0, 0.05) is 29.8 Å². The van der Waals surface area contributed by atoms with Gasteiger partial charge in [0.15, 0.2) is 0 Å². The molecule has 0 aromatic heterocycles. The highest BCUT2D eigenvalue weighted by Crippen LogP contribution is 2.37. The molecule has 0 saturated carbocycles. The average Bonchev–Trinajstić information content (AvgIpc) is 2.78. The zero-order chi connectivity index (χ0) is 14.8. The average molecular weight is 267 g/mol. The molecule has 1 aliphatic rings. The summed E-state index contributed by atoms with van der Waals surface area (Å²) >= 11 is 0. The number of hydrogen-bond acceptors (Lipinski definition) is 2. The highest BCUT2D eigenvalue weighted by Gasteiger charge is 2.41. The number of nitrogens with zero attached hydrogens (tertiary/aromatic N) is 1. The van der Waals surface area contributed by atoms with Crippen molar-refractivity contribution in [3.05, 3.63) is 0 Å². The Kier molecular flexibility index (Phi) is 4.81. The fourth-order valence-corrected chi connectivity index (χ4v) is 3.40. The summed E-state index contributed by atoms with van der Waals surface area (Å²) < 4.78 is 0. The second-order valence-corrected chi connectivity index (χ2v) is 7.46. The van der Waals surface area contributed by atoms with Crippen LogP contribution in [-0.2, 0) is 9.59 Å². The monoisotopic (exact) mass is 267 g/mol. The maximum Gasteiger partial charge on any atom is 0.228 e. The largest absolute Gasteiger partial charge is 0.342 e. The zero-order valence-corrected chi connectivity index (χ0v) is 13.4. The van der Waals surface area contributed by atoms with Crippen LogP contribution in [0, 0.1) is 16.7 Å². The smallest absolute Gasteiger partial charge is 0.228 e. The van der Waals surface area contributed by atoms with Gasteiger partial charge in [-0.2, -0.15) is 0 Å². The summed E-state index contributed by atoms with van der Waals surface area (Å²) in [4.78, 5) is 26.8. The molecule has 19 heavy (non-hydrogen) atoms. The summed E-state index contributed by atoms with van der Waals surface area (Å²) in [5, 5.41) is 0. The van der Waals surface area contributed by atoms with Gasteiger partial charge in [-0.15, -0.1) is 0 Å². The molecule has 1 rings (SSSR count). The van der Waals surface area contributed by atoms with Gasteiger partial charge in [0.2, 0.25) is 5.91 Å². The van der Waals surface area contributed by atoms with Gasteiger partial charge in [-0.25, -0.2) is 0 Å². The Balaban J connectivity index is 2.77. The van der Waals surface area contributed by atoms with Gasteiger partial charge in [0.1, 0.15) is 5.78 Å². The molecule has 0 aromatic rings. The Bertz CT molecular complexity index is 350. The van der Waals surface area contributed by atoms with Crippen LogP contribution in [-0.4, -0.2) is 29.7 Å². The lowest BCUT2D eigenvalue weighted by molar-refractivity contribution is -0.143. The maximum atomic E-state index is 12.6. The first-order valence-corrected chi connectivity index (χ1v) is 7.41. The number of Topliss-reactive ketones (excluding diaryl/α,β-unsaturated/α-hetero) is 1. The van der Waals surface area contributed by atoms with Crippen molar-refractivity contribution in [2.45, 2.75) is 60.8 Å². The molecule has 1 aliphatic heterocycles. The Hall–Kier alpha value is -0.860. The van der Waals surface area contributed by atoms with Crippen molar-refractivity contribution in [3.63, 3.8) is 0 Å². The van der Waals surface area contributed by atoms with E-state index in [1.54, 1.807) is 0 Å². The second kappa shape index (κ2) is 5.64. The highest BCUT2D eigenvalue weighted by atomic mass is 16.2. The number of hydrogen-bond donors (Lipinski definition) is 0. The molecular weight excluding hydrogens is 238 g/mol. The van der Waals surface area contributed by atoms with E-state index >= 15 is 0 Å². The van der Waals surface area contributed by atoms with Gasteiger partial charge < -0.3 is 4.90 Å². The third kappa shape index (κ3) is 3.80. The number of ketones is 1. The van der Waals surface area contributed by atoms with Gasteiger partial charge in [0.25, 0.3) is 0 Å². The van der Waals surface area contributed by atoms with E-state index in [4.69, 9.17) is 0 Å². The van der Waals surface area contributed by atoms with E-state index in [2.05, 4.69) is 0 Å². The van der Waals surface area contributed by atoms with Crippen molar-refractivity contribution in [1.82, 2.24) is 4.90 Å². The van der Waals surface area contributed by atoms with Gasteiger partial charge >= 0.3 is 0 Å². The molecule has 1 saturated heterocycles. The minimum absolute atomic E-state index is 0.0210. The lowest BCUT2D eigenvalue weighted by Crippen LogP contribution is -2.43.